The first-order valence-electron chi connectivity index (χ1n) is 7.50. The Balaban J connectivity index is 1.69. The second-order valence-electron chi connectivity index (χ2n) is 5.61. The Morgan fingerprint density at radius 1 is 1.17 bits per heavy atom. The Labute approximate surface area is 140 Å². The Kier molecular flexibility index (Phi) is 4.35. The van der Waals surface area contributed by atoms with Gasteiger partial charge in [-0.15, -0.1) is 0 Å². The van der Waals surface area contributed by atoms with Gasteiger partial charge in [0.2, 0.25) is 5.91 Å². The molecule has 0 bridgehead atoms. The molecule has 0 aromatic heterocycles. The minimum atomic E-state index is -0.343. The molecule has 2 aromatic carbocycles. The molecule has 0 saturated heterocycles. The van der Waals surface area contributed by atoms with E-state index in [9.17, 15) is 9.59 Å². The Bertz CT molecular complexity index is 760. The molecule has 0 radical (unpaired) electrons. The highest BCUT2D eigenvalue weighted by Gasteiger charge is 2.30. The van der Waals surface area contributed by atoms with Crippen LogP contribution < -0.4 is 10.2 Å². The van der Waals surface area contributed by atoms with E-state index in [2.05, 4.69) is 5.32 Å². The van der Waals surface area contributed by atoms with Crippen molar-refractivity contribution in [1.82, 2.24) is 5.32 Å². The first-order chi connectivity index (χ1) is 11.1. The van der Waals surface area contributed by atoms with E-state index in [4.69, 9.17) is 11.6 Å². The van der Waals surface area contributed by atoms with E-state index in [1.54, 1.807) is 29.2 Å². The van der Waals surface area contributed by atoms with E-state index in [1.807, 2.05) is 31.2 Å². The first-order valence-corrected chi connectivity index (χ1v) is 7.88. The Morgan fingerprint density at radius 3 is 2.65 bits per heavy atom. The standard InChI is InChI=1S/C18H17ClN2O2/c1-12-10-13-6-2-5-9-16(13)21(12)17(22)11-20-18(23)14-7-3-4-8-15(14)19/h2-9,12H,10-11H2,1H3,(H,20,23). The van der Waals surface area contributed by atoms with Gasteiger partial charge in [0, 0.05) is 11.7 Å². The zero-order chi connectivity index (χ0) is 16.4. The number of hydrogen-bond donors (Lipinski definition) is 1. The molecule has 1 heterocycles. The van der Waals surface area contributed by atoms with Crippen molar-refractivity contribution in [2.45, 2.75) is 19.4 Å². The number of amides is 2. The number of halogens is 1. The molecule has 0 saturated carbocycles. The summed E-state index contributed by atoms with van der Waals surface area (Å²) in [7, 11) is 0. The second-order valence-corrected chi connectivity index (χ2v) is 6.02. The average molecular weight is 329 g/mol. The van der Waals surface area contributed by atoms with E-state index in [0.717, 1.165) is 17.7 Å². The molecule has 118 valence electrons. The van der Waals surface area contributed by atoms with Gasteiger partial charge in [-0.2, -0.15) is 0 Å². The fourth-order valence-electron chi connectivity index (χ4n) is 2.93. The third-order valence-electron chi connectivity index (χ3n) is 3.99. The average Bonchev–Trinajstić information content (AvgIpc) is 2.88. The van der Waals surface area contributed by atoms with Crippen molar-refractivity contribution in [2.75, 3.05) is 11.4 Å². The van der Waals surface area contributed by atoms with E-state index >= 15 is 0 Å². The topological polar surface area (TPSA) is 49.4 Å². The van der Waals surface area contributed by atoms with Crippen LogP contribution in [-0.4, -0.2) is 24.4 Å². The van der Waals surface area contributed by atoms with Crippen LogP contribution in [0.25, 0.3) is 0 Å². The smallest absolute Gasteiger partial charge is 0.253 e. The van der Waals surface area contributed by atoms with Crippen molar-refractivity contribution in [2.24, 2.45) is 0 Å². The van der Waals surface area contributed by atoms with Crippen LogP contribution in [0, 0.1) is 0 Å². The van der Waals surface area contributed by atoms with Gasteiger partial charge in [0.1, 0.15) is 0 Å². The van der Waals surface area contributed by atoms with Gasteiger partial charge < -0.3 is 10.2 Å². The van der Waals surface area contributed by atoms with Crippen LogP contribution in [0.15, 0.2) is 48.5 Å². The van der Waals surface area contributed by atoms with E-state index in [-0.39, 0.29) is 24.4 Å². The predicted octanol–water partition coefficient (Wildman–Crippen LogP) is 3.05. The highest BCUT2D eigenvalue weighted by Crippen LogP contribution is 2.31. The fourth-order valence-corrected chi connectivity index (χ4v) is 3.15. The zero-order valence-electron chi connectivity index (χ0n) is 12.8. The van der Waals surface area contributed by atoms with Crippen molar-refractivity contribution in [1.29, 1.82) is 0 Å². The summed E-state index contributed by atoms with van der Waals surface area (Å²) < 4.78 is 0. The van der Waals surface area contributed by atoms with Gasteiger partial charge in [-0.05, 0) is 37.1 Å². The zero-order valence-corrected chi connectivity index (χ0v) is 13.5. The molecule has 0 fully saturated rings. The van der Waals surface area contributed by atoms with Crippen LogP contribution in [0.5, 0.6) is 0 Å². The molecule has 5 heteroatoms. The summed E-state index contributed by atoms with van der Waals surface area (Å²) in [6.45, 7) is 1.95. The molecule has 2 amide bonds. The van der Waals surface area contributed by atoms with Gasteiger partial charge in [-0.1, -0.05) is 41.9 Å². The summed E-state index contributed by atoms with van der Waals surface area (Å²) in [6, 6.07) is 14.7. The van der Waals surface area contributed by atoms with Crippen LogP contribution in [0.1, 0.15) is 22.8 Å². The monoisotopic (exact) mass is 328 g/mol. The van der Waals surface area contributed by atoms with Crippen LogP contribution in [0.2, 0.25) is 5.02 Å². The van der Waals surface area contributed by atoms with E-state index in [1.165, 1.54) is 0 Å². The molecular weight excluding hydrogens is 312 g/mol. The lowest BCUT2D eigenvalue weighted by Crippen LogP contribution is -2.43. The second kappa shape index (κ2) is 6.42. The Morgan fingerprint density at radius 2 is 1.87 bits per heavy atom. The Hall–Kier alpha value is -2.33. The van der Waals surface area contributed by atoms with Crippen molar-refractivity contribution >= 4 is 29.1 Å². The first kappa shape index (κ1) is 15.6. The van der Waals surface area contributed by atoms with E-state index in [0.29, 0.717) is 10.6 Å². The van der Waals surface area contributed by atoms with Gasteiger partial charge in [0.15, 0.2) is 0 Å². The molecule has 1 aliphatic heterocycles. The van der Waals surface area contributed by atoms with Gasteiger partial charge in [0.25, 0.3) is 5.91 Å². The van der Waals surface area contributed by atoms with Gasteiger partial charge in [-0.3, -0.25) is 9.59 Å². The molecule has 1 N–H and O–H groups in total. The number of nitrogens with one attached hydrogen (secondary N) is 1. The highest BCUT2D eigenvalue weighted by atomic mass is 35.5. The summed E-state index contributed by atoms with van der Waals surface area (Å²) >= 11 is 6.00. The number of rotatable bonds is 3. The third-order valence-corrected chi connectivity index (χ3v) is 4.32. The van der Waals surface area contributed by atoms with Crippen molar-refractivity contribution in [3.05, 3.63) is 64.7 Å². The number of carbonyl (C=O) groups excluding carboxylic acids is 2. The largest absolute Gasteiger partial charge is 0.343 e. The molecule has 4 nitrogen and oxygen atoms in total. The minimum Gasteiger partial charge on any atom is -0.343 e. The van der Waals surface area contributed by atoms with Crippen LogP contribution in [-0.2, 0) is 11.2 Å². The molecule has 0 spiro atoms. The number of nitrogens with zero attached hydrogens (tertiary/aromatic N) is 1. The van der Waals surface area contributed by atoms with Crippen molar-refractivity contribution in [3.8, 4) is 0 Å². The highest BCUT2D eigenvalue weighted by molar-refractivity contribution is 6.33. The number of carbonyl (C=O) groups is 2. The number of para-hydroxylation sites is 1. The molecule has 1 aliphatic rings. The minimum absolute atomic E-state index is 0.0528. The molecular formula is C18H17ClN2O2. The predicted molar refractivity (Wildman–Crippen MR) is 90.9 cm³/mol. The maximum absolute atomic E-state index is 12.5. The van der Waals surface area contributed by atoms with Crippen molar-refractivity contribution < 1.29 is 9.59 Å². The number of hydrogen-bond acceptors (Lipinski definition) is 2. The summed E-state index contributed by atoms with van der Waals surface area (Å²) in [5.74, 6) is -0.466. The molecule has 3 rings (SSSR count). The summed E-state index contributed by atoms with van der Waals surface area (Å²) in [5, 5.41) is 3.03. The van der Waals surface area contributed by atoms with Gasteiger partial charge >= 0.3 is 0 Å². The van der Waals surface area contributed by atoms with Crippen LogP contribution in [0.3, 0.4) is 0 Å². The number of benzene rings is 2. The van der Waals surface area contributed by atoms with Crippen molar-refractivity contribution in [3.63, 3.8) is 0 Å². The lowest BCUT2D eigenvalue weighted by Gasteiger charge is -2.23. The quantitative estimate of drug-likeness (QED) is 0.941. The molecule has 0 aliphatic carbocycles. The number of anilines is 1. The normalized spacial score (nSPS) is 16.1. The third kappa shape index (κ3) is 3.08. The summed E-state index contributed by atoms with van der Waals surface area (Å²) in [4.78, 5) is 26.4. The van der Waals surface area contributed by atoms with E-state index < -0.39 is 0 Å². The maximum atomic E-state index is 12.5. The SMILES string of the molecule is CC1Cc2ccccc2N1C(=O)CNC(=O)c1ccccc1Cl. The molecule has 1 atom stereocenters. The maximum Gasteiger partial charge on any atom is 0.253 e. The molecule has 23 heavy (non-hydrogen) atoms. The summed E-state index contributed by atoms with van der Waals surface area (Å²) in [6.07, 6.45) is 0.834. The summed E-state index contributed by atoms with van der Waals surface area (Å²) in [5.41, 5.74) is 2.46. The molecule has 2 aromatic rings. The lowest BCUT2D eigenvalue weighted by molar-refractivity contribution is -0.118. The van der Waals surface area contributed by atoms with Gasteiger partial charge in [-0.25, -0.2) is 0 Å². The number of fused-ring (bicyclic) bond motifs is 1. The molecule has 1 unspecified atom stereocenters. The van der Waals surface area contributed by atoms with Crippen LogP contribution >= 0.6 is 11.6 Å². The van der Waals surface area contributed by atoms with Gasteiger partial charge in [0.05, 0.1) is 17.1 Å². The lowest BCUT2D eigenvalue weighted by atomic mass is 10.1. The fraction of sp³-hybridized carbons (Fsp3) is 0.222. The van der Waals surface area contributed by atoms with Crippen LogP contribution in [0.4, 0.5) is 5.69 Å².